The van der Waals surface area contributed by atoms with Crippen molar-refractivity contribution in [2.75, 3.05) is 50.1 Å². The average molecular weight is 560 g/mol. The number of ether oxygens (including phenoxy) is 1. The Hall–Kier alpha value is -4.11. The molecule has 0 N–H and O–H groups in total. The molecule has 1 fully saturated rings. The number of anilines is 3. The normalized spacial score (nSPS) is 15.7. The molecule has 2 aliphatic rings. The zero-order valence-corrected chi connectivity index (χ0v) is 23.2. The van der Waals surface area contributed by atoms with Crippen molar-refractivity contribution in [2.45, 2.75) is 25.3 Å². The Kier molecular flexibility index (Phi) is 7.53. The lowest BCUT2D eigenvalue weighted by molar-refractivity contribution is 0.249. The largest absolute Gasteiger partial charge is 0.486 e. The van der Waals surface area contributed by atoms with E-state index in [4.69, 9.17) is 4.74 Å². The van der Waals surface area contributed by atoms with Crippen molar-refractivity contribution < 1.29 is 17.9 Å². The number of aromatic nitrogens is 2. The molecule has 3 aromatic carbocycles. The van der Waals surface area contributed by atoms with Gasteiger partial charge in [-0.2, -0.15) is 0 Å². The lowest BCUT2D eigenvalue weighted by atomic mass is 10.0. The molecule has 1 saturated heterocycles. The molecule has 0 radical (unpaired) electrons. The van der Waals surface area contributed by atoms with Crippen LogP contribution >= 0.6 is 0 Å². The highest BCUT2D eigenvalue weighted by molar-refractivity contribution is 5.77. The van der Waals surface area contributed by atoms with Crippen LogP contribution in [0.25, 0.3) is 11.3 Å². The summed E-state index contributed by atoms with van der Waals surface area (Å²) in [6.45, 7) is 2.45. The third kappa shape index (κ3) is 5.59. The Morgan fingerprint density at radius 1 is 0.878 bits per heavy atom. The molecule has 0 unspecified atom stereocenters. The van der Waals surface area contributed by atoms with Crippen LogP contribution in [0.4, 0.5) is 30.2 Å². The summed E-state index contributed by atoms with van der Waals surface area (Å²) in [4.78, 5) is 14.8. The maximum atomic E-state index is 15.2. The SMILES string of the molecule is CN(C)C1CCN(c2ccc(Cc3ncc(F)c(-c4cc(F)c5c(c4)N(c4ccccc4)CCO5)n3)cc2F)CC1. The molecule has 0 amide bonds. The number of nitrogens with zero attached hydrogens (tertiary/aromatic N) is 5. The van der Waals surface area contributed by atoms with Crippen LogP contribution in [0.1, 0.15) is 24.2 Å². The van der Waals surface area contributed by atoms with Crippen molar-refractivity contribution in [3.63, 3.8) is 0 Å². The summed E-state index contributed by atoms with van der Waals surface area (Å²) in [6.07, 6.45) is 3.26. The fourth-order valence-corrected chi connectivity index (χ4v) is 5.71. The second-order valence-corrected chi connectivity index (χ2v) is 10.8. The van der Waals surface area contributed by atoms with E-state index in [-0.39, 0.29) is 29.2 Å². The summed E-state index contributed by atoms with van der Waals surface area (Å²) in [5.41, 5.74) is 2.90. The van der Waals surface area contributed by atoms with Gasteiger partial charge in [-0.3, -0.25) is 0 Å². The molecule has 0 spiro atoms. The third-order valence-corrected chi connectivity index (χ3v) is 7.92. The van der Waals surface area contributed by atoms with Gasteiger partial charge in [-0.25, -0.2) is 23.1 Å². The van der Waals surface area contributed by atoms with Crippen LogP contribution in [0.2, 0.25) is 0 Å². The first-order valence-corrected chi connectivity index (χ1v) is 13.9. The highest BCUT2D eigenvalue weighted by Crippen LogP contribution is 2.41. The Morgan fingerprint density at radius 2 is 1.66 bits per heavy atom. The van der Waals surface area contributed by atoms with E-state index in [1.165, 1.54) is 12.1 Å². The number of benzene rings is 3. The molecule has 212 valence electrons. The number of fused-ring (bicyclic) bond motifs is 1. The predicted molar refractivity (Wildman–Crippen MR) is 154 cm³/mol. The molecule has 0 saturated carbocycles. The Morgan fingerprint density at radius 3 is 2.39 bits per heavy atom. The van der Waals surface area contributed by atoms with Crippen molar-refractivity contribution >= 4 is 17.1 Å². The highest BCUT2D eigenvalue weighted by Gasteiger charge is 2.26. The van der Waals surface area contributed by atoms with Crippen LogP contribution in [0.3, 0.4) is 0 Å². The fraction of sp³-hybridized carbons (Fsp3) is 0.312. The number of hydrogen-bond acceptors (Lipinski definition) is 6. The summed E-state index contributed by atoms with van der Waals surface area (Å²) in [5.74, 6) is -1.12. The van der Waals surface area contributed by atoms with Crippen LogP contribution in [-0.4, -0.2) is 61.2 Å². The molecule has 0 atom stereocenters. The van der Waals surface area contributed by atoms with Gasteiger partial charge >= 0.3 is 0 Å². The number of para-hydroxylation sites is 1. The van der Waals surface area contributed by atoms with Crippen molar-refractivity contribution in [1.82, 2.24) is 14.9 Å². The van der Waals surface area contributed by atoms with Gasteiger partial charge in [0.1, 0.15) is 23.9 Å². The lowest BCUT2D eigenvalue weighted by Gasteiger charge is -2.36. The maximum Gasteiger partial charge on any atom is 0.178 e. The minimum Gasteiger partial charge on any atom is -0.486 e. The zero-order valence-electron chi connectivity index (χ0n) is 23.2. The highest BCUT2D eigenvalue weighted by atomic mass is 19.1. The van der Waals surface area contributed by atoms with E-state index >= 15 is 13.2 Å². The number of rotatable bonds is 6. The molecule has 1 aromatic heterocycles. The van der Waals surface area contributed by atoms with Gasteiger partial charge in [0.2, 0.25) is 0 Å². The molecule has 0 aliphatic carbocycles. The molecular weight excluding hydrogens is 527 g/mol. The second-order valence-electron chi connectivity index (χ2n) is 10.8. The standard InChI is InChI=1S/C32H32F3N5O/c1-38(2)23-10-12-39(13-11-23)28-9-8-21(16-25(28)33)17-30-36-20-27(35)31(37-30)22-18-26(34)32-29(19-22)40(14-15-41-32)24-6-4-3-5-7-24/h3-9,16,18-20,23H,10-15,17H2,1-2H3. The van der Waals surface area contributed by atoms with E-state index < -0.39 is 11.6 Å². The minimum absolute atomic E-state index is 0.0175. The van der Waals surface area contributed by atoms with E-state index in [1.54, 1.807) is 12.1 Å². The molecule has 6 rings (SSSR count). The van der Waals surface area contributed by atoms with Gasteiger partial charge in [-0.15, -0.1) is 0 Å². The minimum atomic E-state index is -0.668. The van der Waals surface area contributed by atoms with Crippen molar-refractivity contribution in [3.8, 4) is 17.0 Å². The van der Waals surface area contributed by atoms with Gasteiger partial charge in [-0.05, 0) is 68.9 Å². The monoisotopic (exact) mass is 559 g/mol. The Labute approximate surface area is 238 Å². The summed E-state index contributed by atoms with van der Waals surface area (Å²) < 4.78 is 51.0. The summed E-state index contributed by atoms with van der Waals surface area (Å²) in [5, 5.41) is 0. The topological polar surface area (TPSA) is 44.7 Å². The number of piperidine rings is 1. The zero-order chi connectivity index (χ0) is 28.5. The van der Waals surface area contributed by atoms with Gasteiger partial charge in [0, 0.05) is 36.8 Å². The van der Waals surface area contributed by atoms with Gasteiger partial charge < -0.3 is 19.4 Å². The lowest BCUT2D eigenvalue weighted by Crippen LogP contribution is -2.42. The smallest absolute Gasteiger partial charge is 0.178 e. The molecule has 0 bridgehead atoms. The van der Waals surface area contributed by atoms with Crippen LogP contribution in [-0.2, 0) is 6.42 Å². The molecule has 41 heavy (non-hydrogen) atoms. The van der Waals surface area contributed by atoms with Crippen LogP contribution < -0.4 is 14.5 Å². The maximum absolute atomic E-state index is 15.2. The molecular formula is C32H32F3N5O. The van der Waals surface area contributed by atoms with Gasteiger partial charge in [0.15, 0.2) is 17.4 Å². The van der Waals surface area contributed by atoms with Crippen molar-refractivity contribution in [1.29, 1.82) is 0 Å². The third-order valence-electron chi connectivity index (χ3n) is 7.92. The van der Waals surface area contributed by atoms with E-state index in [9.17, 15) is 0 Å². The van der Waals surface area contributed by atoms with Gasteiger partial charge in [0.05, 0.1) is 24.1 Å². The Bertz CT molecular complexity index is 1540. The van der Waals surface area contributed by atoms with E-state index in [2.05, 4.69) is 33.9 Å². The van der Waals surface area contributed by atoms with Gasteiger partial charge in [0.25, 0.3) is 0 Å². The quantitative estimate of drug-likeness (QED) is 0.280. The molecule has 4 aromatic rings. The molecule has 3 heterocycles. The van der Waals surface area contributed by atoms with Crippen LogP contribution in [0.15, 0.2) is 66.9 Å². The number of hydrogen-bond donors (Lipinski definition) is 0. The average Bonchev–Trinajstić information content (AvgIpc) is 2.98. The first-order valence-electron chi connectivity index (χ1n) is 13.9. The summed E-state index contributed by atoms with van der Waals surface area (Å²) in [7, 11) is 4.16. The molecule has 6 nitrogen and oxygen atoms in total. The van der Waals surface area contributed by atoms with Crippen molar-refractivity contribution in [2.24, 2.45) is 0 Å². The van der Waals surface area contributed by atoms with Crippen LogP contribution in [0, 0.1) is 17.5 Å². The Balaban J connectivity index is 1.25. The summed E-state index contributed by atoms with van der Waals surface area (Å²) >= 11 is 0. The summed E-state index contributed by atoms with van der Waals surface area (Å²) in [6, 6.07) is 18.2. The van der Waals surface area contributed by atoms with Crippen molar-refractivity contribution in [3.05, 3.63) is 95.7 Å². The number of halogens is 3. The molecule has 2 aliphatic heterocycles. The fourth-order valence-electron chi connectivity index (χ4n) is 5.71. The van der Waals surface area contributed by atoms with E-state index in [1.807, 2.05) is 41.3 Å². The predicted octanol–water partition coefficient (Wildman–Crippen LogP) is 6.21. The molecule has 9 heteroatoms. The van der Waals surface area contributed by atoms with E-state index in [0.717, 1.165) is 37.8 Å². The van der Waals surface area contributed by atoms with E-state index in [0.29, 0.717) is 42.0 Å². The van der Waals surface area contributed by atoms with Crippen LogP contribution in [0.5, 0.6) is 5.75 Å². The van der Waals surface area contributed by atoms with Gasteiger partial charge in [-0.1, -0.05) is 24.3 Å². The first-order chi connectivity index (χ1) is 19.9. The second kappa shape index (κ2) is 11.4. The first kappa shape index (κ1) is 27.1.